The Morgan fingerprint density at radius 2 is 1.89 bits per heavy atom. The topological polar surface area (TPSA) is 30.3 Å². The Bertz CT molecular complexity index is 437. The molecular weight excluding hydrogens is 222 g/mol. The molecular formula is C15H19N3. The highest BCUT2D eigenvalue weighted by molar-refractivity contribution is 5.47. The maximum absolute atomic E-state index is 9.28. The van der Waals surface area contributed by atoms with Gasteiger partial charge in [-0.3, -0.25) is 4.90 Å². The van der Waals surface area contributed by atoms with E-state index in [1.54, 1.807) is 0 Å². The molecule has 3 heteroatoms. The Kier molecular flexibility index (Phi) is 3.21. The van der Waals surface area contributed by atoms with Gasteiger partial charge in [0.2, 0.25) is 0 Å². The number of hydrogen-bond donors (Lipinski definition) is 0. The predicted molar refractivity (Wildman–Crippen MR) is 72.2 cm³/mol. The molecule has 2 aliphatic heterocycles. The third kappa shape index (κ3) is 1.97. The van der Waals surface area contributed by atoms with E-state index < -0.39 is 0 Å². The minimum atomic E-state index is 0.121. The Labute approximate surface area is 109 Å². The van der Waals surface area contributed by atoms with Crippen molar-refractivity contribution in [2.45, 2.75) is 37.9 Å². The van der Waals surface area contributed by atoms with E-state index in [2.05, 4.69) is 46.2 Å². The first-order chi connectivity index (χ1) is 8.90. The summed E-state index contributed by atoms with van der Waals surface area (Å²) in [7, 11) is 0. The SMILES string of the molecule is N#CC1CCCC2N(c3ccccc3)CCCN12. The van der Waals surface area contributed by atoms with Gasteiger partial charge in [-0.15, -0.1) is 0 Å². The molecule has 0 saturated carbocycles. The molecule has 0 bridgehead atoms. The van der Waals surface area contributed by atoms with E-state index in [0.717, 1.165) is 25.9 Å². The molecule has 1 aromatic rings. The van der Waals surface area contributed by atoms with Crippen molar-refractivity contribution in [3.8, 4) is 6.07 Å². The molecule has 0 aliphatic carbocycles. The Morgan fingerprint density at radius 1 is 1.06 bits per heavy atom. The molecule has 2 fully saturated rings. The van der Waals surface area contributed by atoms with E-state index in [1.165, 1.54) is 18.5 Å². The van der Waals surface area contributed by atoms with Gasteiger partial charge in [-0.2, -0.15) is 5.26 Å². The second-order valence-corrected chi connectivity index (χ2v) is 5.18. The number of piperidine rings is 1. The average Bonchev–Trinajstić information content (AvgIpc) is 2.47. The summed E-state index contributed by atoms with van der Waals surface area (Å²) in [5, 5.41) is 9.28. The summed E-state index contributed by atoms with van der Waals surface area (Å²) in [4.78, 5) is 4.88. The second kappa shape index (κ2) is 4.99. The number of anilines is 1. The quantitative estimate of drug-likeness (QED) is 0.757. The van der Waals surface area contributed by atoms with Gasteiger partial charge in [0.1, 0.15) is 0 Å². The lowest BCUT2D eigenvalue weighted by atomic mass is 9.96. The summed E-state index contributed by atoms with van der Waals surface area (Å²) in [6.45, 7) is 2.19. The number of fused-ring (bicyclic) bond motifs is 1. The first-order valence-electron chi connectivity index (χ1n) is 6.87. The summed E-state index contributed by atoms with van der Waals surface area (Å²) in [5.41, 5.74) is 1.30. The van der Waals surface area contributed by atoms with Crippen LogP contribution in [0.2, 0.25) is 0 Å². The van der Waals surface area contributed by atoms with Gasteiger partial charge in [-0.1, -0.05) is 18.2 Å². The van der Waals surface area contributed by atoms with Crippen LogP contribution in [0, 0.1) is 11.3 Å². The van der Waals surface area contributed by atoms with Gasteiger partial charge in [-0.25, -0.2) is 0 Å². The second-order valence-electron chi connectivity index (χ2n) is 5.18. The number of nitriles is 1. The number of benzene rings is 1. The third-order valence-electron chi connectivity index (χ3n) is 4.14. The molecule has 2 aliphatic rings. The van der Waals surface area contributed by atoms with Crippen molar-refractivity contribution in [3.63, 3.8) is 0 Å². The molecule has 3 rings (SSSR count). The van der Waals surface area contributed by atoms with Crippen LogP contribution in [0.25, 0.3) is 0 Å². The van der Waals surface area contributed by atoms with Gasteiger partial charge in [0, 0.05) is 18.8 Å². The molecule has 3 nitrogen and oxygen atoms in total. The fraction of sp³-hybridized carbons (Fsp3) is 0.533. The molecule has 0 spiro atoms. The summed E-state index contributed by atoms with van der Waals surface area (Å²) in [5.74, 6) is 0. The van der Waals surface area contributed by atoms with Crippen LogP contribution < -0.4 is 4.90 Å². The van der Waals surface area contributed by atoms with Gasteiger partial charge in [0.25, 0.3) is 0 Å². The Morgan fingerprint density at radius 3 is 2.67 bits per heavy atom. The fourth-order valence-electron chi connectivity index (χ4n) is 3.30. The molecule has 18 heavy (non-hydrogen) atoms. The molecule has 2 atom stereocenters. The van der Waals surface area contributed by atoms with Crippen molar-refractivity contribution in [2.75, 3.05) is 18.0 Å². The average molecular weight is 241 g/mol. The van der Waals surface area contributed by atoms with E-state index in [4.69, 9.17) is 0 Å². The van der Waals surface area contributed by atoms with Crippen LogP contribution in [0.1, 0.15) is 25.7 Å². The smallest absolute Gasteiger partial charge is 0.0993 e. The predicted octanol–water partition coefficient (Wildman–Crippen LogP) is 2.60. The van der Waals surface area contributed by atoms with Crippen molar-refractivity contribution < 1.29 is 0 Å². The molecule has 0 aromatic heterocycles. The van der Waals surface area contributed by atoms with Crippen molar-refractivity contribution in [2.24, 2.45) is 0 Å². The van der Waals surface area contributed by atoms with Gasteiger partial charge in [-0.05, 0) is 37.8 Å². The zero-order valence-electron chi connectivity index (χ0n) is 10.6. The van der Waals surface area contributed by atoms with E-state index >= 15 is 0 Å². The molecule has 2 saturated heterocycles. The standard InChI is InChI=1S/C15H19N3/c16-12-14-8-4-9-15-17(10-5-11-18(14)15)13-6-2-1-3-7-13/h1-3,6-7,14-15H,4-5,8-11H2. The largest absolute Gasteiger partial charge is 0.356 e. The van der Waals surface area contributed by atoms with E-state index in [1.807, 2.05) is 0 Å². The highest BCUT2D eigenvalue weighted by Gasteiger charge is 2.36. The number of para-hydroxylation sites is 1. The summed E-state index contributed by atoms with van der Waals surface area (Å²) < 4.78 is 0. The van der Waals surface area contributed by atoms with E-state index in [9.17, 15) is 5.26 Å². The monoisotopic (exact) mass is 241 g/mol. The van der Waals surface area contributed by atoms with Crippen LogP contribution in [-0.2, 0) is 0 Å². The van der Waals surface area contributed by atoms with Crippen molar-refractivity contribution in [3.05, 3.63) is 30.3 Å². The van der Waals surface area contributed by atoms with E-state index in [0.29, 0.717) is 6.17 Å². The molecule has 94 valence electrons. The zero-order chi connectivity index (χ0) is 12.4. The molecule has 2 heterocycles. The Balaban J connectivity index is 1.86. The highest BCUT2D eigenvalue weighted by atomic mass is 15.4. The first kappa shape index (κ1) is 11.6. The lowest BCUT2D eigenvalue weighted by Crippen LogP contribution is -2.59. The van der Waals surface area contributed by atoms with Gasteiger partial charge in [0.05, 0.1) is 18.3 Å². The van der Waals surface area contributed by atoms with Crippen molar-refractivity contribution in [1.29, 1.82) is 5.26 Å². The van der Waals surface area contributed by atoms with Crippen LogP contribution in [-0.4, -0.2) is 30.2 Å². The van der Waals surface area contributed by atoms with Crippen LogP contribution in [0.15, 0.2) is 30.3 Å². The van der Waals surface area contributed by atoms with Gasteiger partial charge < -0.3 is 4.90 Å². The number of hydrogen-bond acceptors (Lipinski definition) is 3. The van der Waals surface area contributed by atoms with Crippen LogP contribution in [0.5, 0.6) is 0 Å². The third-order valence-corrected chi connectivity index (χ3v) is 4.14. The summed E-state index contributed by atoms with van der Waals surface area (Å²) >= 11 is 0. The lowest BCUT2D eigenvalue weighted by Gasteiger charge is -2.49. The molecule has 0 N–H and O–H groups in total. The fourth-order valence-corrected chi connectivity index (χ4v) is 3.30. The number of rotatable bonds is 1. The first-order valence-corrected chi connectivity index (χ1v) is 6.87. The normalized spacial score (nSPS) is 28.5. The summed E-state index contributed by atoms with van der Waals surface area (Å²) in [6, 6.07) is 13.2. The van der Waals surface area contributed by atoms with E-state index in [-0.39, 0.29) is 6.04 Å². The van der Waals surface area contributed by atoms with Crippen LogP contribution >= 0.6 is 0 Å². The maximum Gasteiger partial charge on any atom is 0.0993 e. The number of nitrogens with zero attached hydrogens (tertiary/aromatic N) is 3. The van der Waals surface area contributed by atoms with Crippen molar-refractivity contribution >= 4 is 5.69 Å². The molecule has 0 amide bonds. The molecule has 2 unspecified atom stereocenters. The lowest BCUT2D eigenvalue weighted by molar-refractivity contribution is 0.0867. The minimum absolute atomic E-state index is 0.121. The highest BCUT2D eigenvalue weighted by Crippen LogP contribution is 2.31. The Hall–Kier alpha value is -1.53. The van der Waals surface area contributed by atoms with Crippen LogP contribution in [0.4, 0.5) is 5.69 Å². The maximum atomic E-state index is 9.28. The minimum Gasteiger partial charge on any atom is -0.356 e. The zero-order valence-corrected chi connectivity index (χ0v) is 10.6. The van der Waals surface area contributed by atoms with Crippen LogP contribution in [0.3, 0.4) is 0 Å². The summed E-state index contributed by atoms with van der Waals surface area (Å²) in [6.07, 6.45) is 4.98. The molecule has 0 radical (unpaired) electrons. The van der Waals surface area contributed by atoms with Crippen molar-refractivity contribution in [1.82, 2.24) is 4.90 Å². The van der Waals surface area contributed by atoms with Gasteiger partial charge >= 0.3 is 0 Å². The van der Waals surface area contributed by atoms with Gasteiger partial charge in [0.15, 0.2) is 0 Å². The molecule has 1 aromatic carbocycles.